The van der Waals surface area contributed by atoms with E-state index < -0.39 is 0 Å². The molecule has 0 aliphatic heterocycles. The molecule has 0 radical (unpaired) electrons. The molecule has 0 fully saturated rings. The Bertz CT molecular complexity index is 1030. The van der Waals surface area contributed by atoms with Gasteiger partial charge in [-0.25, -0.2) is 4.98 Å². The minimum atomic E-state index is -0.0638. The molecule has 7 heteroatoms. The van der Waals surface area contributed by atoms with Gasteiger partial charge in [0.1, 0.15) is 5.75 Å². The Labute approximate surface area is 193 Å². The van der Waals surface area contributed by atoms with Crippen molar-refractivity contribution < 1.29 is 9.53 Å². The van der Waals surface area contributed by atoms with Crippen molar-refractivity contribution in [2.75, 3.05) is 31.1 Å². The highest BCUT2D eigenvalue weighted by atomic mass is 35.5. The molecule has 0 saturated heterocycles. The topological polar surface area (TPSA) is 45.7 Å². The Morgan fingerprint density at radius 3 is 2.42 bits per heavy atom. The van der Waals surface area contributed by atoms with Crippen LogP contribution in [0.15, 0.2) is 36.4 Å². The first-order chi connectivity index (χ1) is 14.8. The number of aromatic nitrogens is 1. The van der Waals surface area contributed by atoms with Crippen molar-refractivity contribution in [1.82, 2.24) is 9.88 Å². The van der Waals surface area contributed by atoms with Gasteiger partial charge in [-0.1, -0.05) is 36.8 Å². The van der Waals surface area contributed by atoms with E-state index in [1.54, 1.807) is 4.90 Å². The van der Waals surface area contributed by atoms with Crippen LogP contribution in [0.1, 0.15) is 43.6 Å². The Balaban J connectivity index is 1.94. The van der Waals surface area contributed by atoms with Crippen LogP contribution in [0.25, 0.3) is 10.2 Å². The van der Waals surface area contributed by atoms with Crippen LogP contribution in [-0.2, 0) is 0 Å². The molecule has 2 aromatic carbocycles. The maximum absolute atomic E-state index is 13.5. The minimum absolute atomic E-state index is 0.0638. The molecule has 0 atom stereocenters. The molecule has 0 unspecified atom stereocenters. The number of halogens is 1. The zero-order valence-corrected chi connectivity index (χ0v) is 20.4. The number of thiazole rings is 1. The molecule has 0 aliphatic rings. The third kappa shape index (κ3) is 5.76. The second kappa shape index (κ2) is 10.4. The molecule has 1 heterocycles. The van der Waals surface area contributed by atoms with Gasteiger partial charge in [-0.2, -0.15) is 0 Å². The normalized spacial score (nSPS) is 11.5. The highest BCUT2D eigenvalue weighted by molar-refractivity contribution is 7.22. The zero-order chi connectivity index (χ0) is 22.5. The lowest BCUT2D eigenvalue weighted by molar-refractivity contribution is 0.0983. The van der Waals surface area contributed by atoms with Crippen LogP contribution in [0, 0.1) is 6.92 Å². The first kappa shape index (κ1) is 23.5. The smallest absolute Gasteiger partial charge is 0.260 e. The zero-order valence-electron chi connectivity index (χ0n) is 18.8. The maximum Gasteiger partial charge on any atom is 0.260 e. The fourth-order valence-corrected chi connectivity index (χ4v) is 4.87. The third-order valence-electron chi connectivity index (χ3n) is 5.12. The largest absolute Gasteiger partial charge is 0.491 e. The lowest BCUT2D eigenvalue weighted by Gasteiger charge is -2.25. The summed E-state index contributed by atoms with van der Waals surface area (Å²) in [5.41, 5.74) is 2.52. The molecule has 0 aliphatic carbocycles. The molecule has 31 heavy (non-hydrogen) atoms. The van der Waals surface area contributed by atoms with Gasteiger partial charge in [0.15, 0.2) is 5.13 Å². The maximum atomic E-state index is 13.5. The van der Waals surface area contributed by atoms with Crippen LogP contribution in [0.5, 0.6) is 5.75 Å². The summed E-state index contributed by atoms with van der Waals surface area (Å²) in [6.45, 7) is 13.4. The summed E-state index contributed by atoms with van der Waals surface area (Å²) < 4.78 is 6.70. The number of hydrogen-bond donors (Lipinski definition) is 0. The predicted molar refractivity (Wildman–Crippen MR) is 131 cm³/mol. The number of likely N-dealkylation sites (N-methyl/N-ethyl adjacent to an activating group) is 1. The molecule has 1 aromatic heterocycles. The molecule has 0 bridgehead atoms. The van der Waals surface area contributed by atoms with Gasteiger partial charge < -0.3 is 9.64 Å². The van der Waals surface area contributed by atoms with Gasteiger partial charge >= 0.3 is 0 Å². The second-order valence-corrected chi connectivity index (χ2v) is 9.19. The lowest BCUT2D eigenvalue weighted by Crippen LogP contribution is -2.38. The molecule has 5 nitrogen and oxygen atoms in total. The Morgan fingerprint density at radius 1 is 1.13 bits per heavy atom. The van der Waals surface area contributed by atoms with Crippen molar-refractivity contribution in [2.45, 2.75) is 40.7 Å². The Morgan fingerprint density at radius 2 is 1.81 bits per heavy atom. The van der Waals surface area contributed by atoms with E-state index >= 15 is 0 Å². The molecular weight excluding hydrogens is 430 g/mol. The van der Waals surface area contributed by atoms with Crippen LogP contribution in [0.3, 0.4) is 0 Å². The van der Waals surface area contributed by atoms with Gasteiger partial charge in [-0.15, -0.1) is 0 Å². The van der Waals surface area contributed by atoms with Gasteiger partial charge in [-0.3, -0.25) is 9.69 Å². The summed E-state index contributed by atoms with van der Waals surface area (Å²) >= 11 is 7.74. The quantitative estimate of drug-likeness (QED) is 0.391. The predicted octanol–water partition coefficient (Wildman–Crippen LogP) is 6.03. The number of ether oxygens (including phenoxy) is 1. The van der Waals surface area contributed by atoms with E-state index in [4.69, 9.17) is 21.3 Å². The van der Waals surface area contributed by atoms with E-state index in [1.807, 2.05) is 57.2 Å². The van der Waals surface area contributed by atoms with Crippen LogP contribution < -0.4 is 9.64 Å². The Kier molecular flexibility index (Phi) is 7.92. The third-order valence-corrected chi connectivity index (χ3v) is 6.37. The standard InChI is InChI=1S/C24H30ClN3O2S/c1-6-27(7-2)12-13-28(23(29)18-8-10-20(11-9-18)30-16(3)4)24-26-22-17(5)14-19(25)15-21(22)31-24/h8-11,14-16H,6-7,12-13H2,1-5H3. The first-order valence-corrected chi connectivity index (χ1v) is 11.9. The number of hydrogen-bond acceptors (Lipinski definition) is 5. The number of rotatable bonds is 9. The van der Waals surface area contributed by atoms with Crippen molar-refractivity contribution in [3.8, 4) is 5.75 Å². The number of fused-ring (bicyclic) bond motifs is 1. The van der Waals surface area contributed by atoms with Crippen LogP contribution in [-0.4, -0.2) is 48.1 Å². The van der Waals surface area contributed by atoms with E-state index in [0.717, 1.165) is 41.2 Å². The average molecular weight is 460 g/mol. The highest BCUT2D eigenvalue weighted by Crippen LogP contribution is 2.33. The number of amides is 1. The van der Waals surface area contributed by atoms with Crippen molar-refractivity contribution in [2.24, 2.45) is 0 Å². The van der Waals surface area contributed by atoms with Crippen molar-refractivity contribution in [3.63, 3.8) is 0 Å². The molecule has 0 saturated carbocycles. The summed E-state index contributed by atoms with van der Waals surface area (Å²) in [6.07, 6.45) is 0.0879. The average Bonchev–Trinajstić information content (AvgIpc) is 3.15. The van der Waals surface area contributed by atoms with Crippen LogP contribution in [0.4, 0.5) is 5.13 Å². The van der Waals surface area contributed by atoms with E-state index in [-0.39, 0.29) is 12.0 Å². The molecule has 0 N–H and O–H groups in total. The monoisotopic (exact) mass is 459 g/mol. The van der Waals surface area contributed by atoms with Crippen molar-refractivity contribution >= 4 is 44.2 Å². The van der Waals surface area contributed by atoms with Gasteiger partial charge in [0, 0.05) is 23.7 Å². The van der Waals surface area contributed by atoms with Crippen molar-refractivity contribution in [3.05, 3.63) is 52.5 Å². The fraction of sp³-hybridized carbons (Fsp3) is 0.417. The molecule has 1 amide bonds. The summed E-state index contributed by atoms with van der Waals surface area (Å²) in [4.78, 5) is 22.4. The molecule has 3 aromatic rings. The second-order valence-electron chi connectivity index (χ2n) is 7.74. The van der Waals surface area contributed by atoms with E-state index in [2.05, 4.69) is 18.7 Å². The number of carbonyl (C=O) groups excluding carboxylic acids is 1. The van der Waals surface area contributed by atoms with Crippen molar-refractivity contribution in [1.29, 1.82) is 0 Å². The van der Waals surface area contributed by atoms with E-state index in [9.17, 15) is 4.79 Å². The number of aryl methyl sites for hydroxylation is 1. The van der Waals surface area contributed by atoms with Crippen LogP contribution >= 0.6 is 22.9 Å². The summed E-state index contributed by atoms with van der Waals surface area (Å²) in [6, 6.07) is 11.1. The SMILES string of the molecule is CCN(CC)CCN(C(=O)c1ccc(OC(C)C)cc1)c1nc2c(C)cc(Cl)cc2s1. The minimum Gasteiger partial charge on any atom is -0.491 e. The molecule has 3 rings (SSSR count). The lowest BCUT2D eigenvalue weighted by atomic mass is 10.2. The summed E-state index contributed by atoms with van der Waals surface area (Å²) in [5, 5.41) is 1.38. The van der Waals surface area contributed by atoms with E-state index in [0.29, 0.717) is 22.3 Å². The number of benzene rings is 2. The Hall–Kier alpha value is -2.15. The molecular formula is C24H30ClN3O2S. The number of nitrogens with zero attached hydrogens (tertiary/aromatic N) is 3. The number of anilines is 1. The van der Waals surface area contributed by atoms with Gasteiger partial charge in [0.05, 0.1) is 16.3 Å². The molecule has 0 spiro atoms. The van der Waals surface area contributed by atoms with Gasteiger partial charge in [0.2, 0.25) is 0 Å². The molecule has 166 valence electrons. The summed E-state index contributed by atoms with van der Waals surface area (Å²) in [5.74, 6) is 0.692. The van der Waals surface area contributed by atoms with Gasteiger partial charge in [0.25, 0.3) is 5.91 Å². The van der Waals surface area contributed by atoms with E-state index in [1.165, 1.54) is 11.3 Å². The number of carbonyl (C=O) groups is 1. The summed E-state index contributed by atoms with van der Waals surface area (Å²) in [7, 11) is 0. The highest BCUT2D eigenvalue weighted by Gasteiger charge is 2.22. The fourth-order valence-electron chi connectivity index (χ4n) is 3.43. The van der Waals surface area contributed by atoms with Crippen LogP contribution in [0.2, 0.25) is 5.02 Å². The first-order valence-electron chi connectivity index (χ1n) is 10.7. The van der Waals surface area contributed by atoms with Gasteiger partial charge in [-0.05, 0) is 75.8 Å².